The summed E-state index contributed by atoms with van der Waals surface area (Å²) in [4.78, 5) is 18.1. The molecule has 0 saturated carbocycles. The topological polar surface area (TPSA) is 103 Å². The van der Waals surface area contributed by atoms with Crippen LogP contribution >= 0.6 is 0 Å². The molecule has 146 valence electrons. The third-order valence-electron chi connectivity index (χ3n) is 5.02. The number of nitrogens with one attached hydrogen (secondary N) is 2. The average molecular weight is 399 g/mol. The Kier molecular flexibility index (Phi) is 4.60. The van der Waals surface area contributed by atoms with Crippen LogP contribution in [0.3, 0.4) is 0 Å². The van der Waals surface area contributed by atoms with Crippen LogP contribution in [0.5, 0.6) is 0 Å². The zero-order valence-corrected chi connectivity index (χ0v) is 16.2. The van der Waals surface area contributed by atoms with Crippen molar-refractivity contribution in [3.05, 3.63) is 65.4 Å². The summed E-state index contributed by atoms with van der Waals surface area (Å²) in [5, 5.41) is 11.0. The van der Waals surface area contributed by atoms with E-state index in [9.17, 15) is 18.3 Å². The highest BCUT2D eigenvalue weighted by atomic mass is 32.2. The summed E-state index contributed by atoms with van der Waals surface area (Å²) in [5.74, 6) is -0.200. The van der Waals surface area contributed by atoms with E-state index in [2.05, 4.69) is 9.71 Å². The Morgan fingerprint density at radius 1 is 1.21 bits per heavy atom. The molecular formula is C20H21N3O4S. The number of H-pyrrole nitrogens is 1. The molecule has 1 atom stereocenters. The molecule has 7 nitrogen and oxygen atoms in total. The van der Waals surface area contributed by atoms with Crippen molar-refractivity contribution in [3.63, 3.8) is 0 Å². The van der Waals surface area contributed by atoms with Crippen molar-refractivity contribution in [1.82, 2.24) is 9.88 Å². The molecule has 2 aromatic carbocycles. The van der Waals surface area contributed by atoms with Crippen molar-refractivity contribution in [2.45, 2.75) is 19.0 Å². The number of benzene rings is 2. The smallest absolute Gasteiger partial charge is 0.254 e. The van der Waals surface area contributed by atoms with Crippen molar-refractivity contribution < 1.29 is 18.3 Å². The lowest BCUT2D eigenvalue weighted by Crippen LogP contribution is -2.46. The number of rotatable bonds is 4. The first-order valence-corrected chi connectivity index (χ1v) is 10.8. The summed E-state index contributed by atoms with van der Waals surface area (Å²) in [6, 6.07) is 14.0. The SMILES string of the molecule is CS(=O)(=O)Nc1ccc(C(=O)N2Cc3[nH]c4ccccc4c3CC2CO)cc1. The number of nitrogens with zero attached hydrogens (tertiary/aromatic N) is 1. The molecule has 3 aromatic rings. The van der Waals surface area contributed by atoms with E-state index in [0.29, 0.717) is 24.2 Å². The molecule has 1 aliphatic rings. The fourth-order valence-corrected chi connectivity index (χ4v) is 4.29. The zero-order chi connectivity index (χ0) is 19.9. The van der Waals surface area contributed by atoms with E-state index in [1.165, 1.54) is 0 Å². The summed E-state index contributed by atoms with van der Waals surface area (Å²) < 4.78 is 25.0. The minimum atomic E-state index is -3.37. The van der Waals surface area contributed by atoms with Crippen molar-refractivity contribution in [2.75, 3.05) is 17.6 Å². The summed E-state index contributed by atoms with van der Waals surface area (Å²) in [5.41, 5.74) is 3.99. The molecule has 0 spiro atoms. The van der Waals surface area contributed by atoms with Gasteiger partial charge in [-0.2, -0.15) is 0 Å². The van der Waals surface area contributed by atoms with Gasteiger partial charge in [0.1, 0.15) is 0 Å². The quantitative estimate of drug-likeness (QED) is 0.625. The number of carbonyl (C=O) groups excluding carboxylic acids is 1. The molecule has 28 heavy (non-hydrogen) atoms. The Morgan fingerprint density at radius 3 is 2.61 bits per heavy atom. The number of aliphatic hydroxyl groups excluding tert-OH is 1. The number of carbonyl (C=O) groups is 1. The highest BCUT2D eigenvalue weighted by Crippen LogP contribution is 2.31. The van der Waals surface area contributed by atoms with Gasteiger partial charge in [-0.1, -0.05) is 18.2 Å². The van der Waals surface area contributed by atoms with Gasteiger partial charge < -0.3 is 15.0 Å². The molecule has 0 fully saturated rings. The molecule has 3 N–H and O–H groups in total. The largest absolute Gasteiger partial charge is 0.394 e. The van der Waals surface area contributed by atoms with Crippen LogP contribution in [0.15, 0.2) is 48.5 Å². The Labute approximate surface area is 163 Å². The van der Waals surface area contributed by atoms with Gasteiger partial charge in [0.15, 0.2) is 0 Å². The summed E-state index contributed by atoms with van der Waals surface area (Å²) in [6.45, 7) is 0.260. The second-order valence-electron chi connectivity index (χ2n) is 7.05. The predicted molar refractivity (Wildman–Crippen MR) is 108 cm³/mol. The number of sulfonamides is 1. The summed E-state index contributed by atoms with van der Waals surface area (Å²) >= 11 is 0. The number of aliphatic hydroxyl groups is 1. The number of amides is 1. The van der Waals surface area contributed by atoms with E-state index in [0.717, 1.165) is 28.4 Å². The van der Waals surface area contributed by atoms with Crippen LogP contribution in [0.4, 0.5) is 5.69 Å². The lowest BCUT2D eigenvalue weighted by Gasteiger charge is -2.34. The van der Waals surface area contributed by atoms with E-state index >= 15 is 0 Å². The number of hydrogen-bond donors (Lipinski definition) is 3. The van der Waals surface area contributed by atoms with E-state index in [-0.39, 0.29) is 18.6 Å². The normalized spacial score (nSPS) is 16.8. The van der Waals surface area contributed by atoms with Gasteiger partial charge in [0.25, 0.3) is 5.91 Å². The van der Waals surface area contributed by atoms with Gasteiger partial charge in [0.05, 0.1) is 25.4 Å². The average Bonchev–Trinajstić information content (AvgIpc) is 3.03. The lowest BCUT2D eigenvalue weighted by molar-refractivity contribution is 0.0541. The molecule has 8 heteroatoms. The van der Waals surface area contributed by atoms with Crippen LogP contribution in [-0.2, 0) is 23.0 Å². The molecular weight excluding hydrogens is 378 g/mol. The van der Waals surface area contributed by atoms with Crippen LogP contribution in [0.2, 0.25) is 0 Å². The molecule has 1 amide bonds. The van der Waals surface area contributed by atoms with E-state index < -0.39 is 10.0 Å². The first-order valence-electron chi connectivity index (χ1n) is 8.94. The van der Waals surface area contributed by atoms with Gasteiger partial charge in [-0.3, -0.25) is 9.52 Å². The minimum absolute atomic E-state index is 0.127. The fraction of sp³-hybridized carbons (Fsp3) is 0.250. The van der Waals surface area contributed by atoms with Crippen molar-refractivity contribution in [2.24, 2.45) is 0 Å². The predicted octanol–water partition coefficient (Wildman–Crippen LogP) is 2.10. The Hall–Kier alpha value is -2.84. The molecule has 1 aromatic heterocycles. The maximum absolute atomic E-state index is 13.1. The Bertz CT molecular complexity index is 1140. The van der Waals surface area contributed by atoms with Crippen LogP contribution < -0.4 is 4.72 Å². The standard InChI is InChI=1S/C20H21N3O4S/c1-28(26,27)22-14-8-6-13(7-9-14)20(25)23-11-19-17(10-15(23)12-24)16-4-2-3-5-18(16)21-19/h2-9,15,21-22,24H,10-12H2,1H3. The van der Waals surface area contributed by atoms with Crippen LogP contribution in [0, 0.1) is 0 Å². The van der Waals surface area contributed by atoms with Gasteiger partial charge in [-0.15, -0.1) is 0 Å². The Balaban J connectivity index is 1.61. The molecule has 4 rings (SSSR count). The minimum Gasteiger partial charge on any atom is -0.394 e. The first-order chi connectivity index (χ1) is 13.4. The summed E-state index contributed by atoms with van der Waals surface area (Å²) in [7, 11) is -3.37. The van der Waals surface area contributed by atoms with Gasteiger partial charge in [0.2, 0.25) is 10.0 Å². The molecule has 0 radical (unpaired) electrons. The van der Waals surface area contributed by atoms with Crippen LogP contribution in [-0.4, -0.2) is 48.2 Å². The van der Waals surface area contributed by atoms with E-state index in [4.69, 9.17) is 0 Å². The molecule has 0 aliphatic carbocycles. The number of anilines is 1. The van der Waals surface area contributed by atoms with Crippen LogP contribution in [0.25, 0.3) is 10.9 Å². The first kappa shape index (κ1) is 18.5. The third-order valence-corrected chi connectivity index (χ3v) is 5.62. The number of aromatic nitrogens is 1. The molecule has 0 bridgehead atoms. The maximum atomic E-state index is 13.1. The maximum Gasteiger partial charge on any atom is 0.254 e. The molecule has 2 heterocycles. The van der Waals surface area contributed by atoms with Crippen molar-refractivity contribution >= 4 is 32.5 Å². The highest BCUT2D eigenvalue weighted by Gasteiger charge is 2.32. The Morgan fingerprint density at radius 2 is 1.93 bits per heavy atom. The fourth-order valence-electron chi connectivity index (χ4n) is 3.73. The lowest BCUT2D eigenvalue weighted by atomic mass is 9.96. The molecule has 1 aliphatic heterocycles. The van der Waals surface area contributed by atoms with Crippen molar-refractivity contribution in [1.29, 1.82) is 0 Å². The van der Waals surface area contributed by atoms with E-state index in [1.54, 1.807) is 29.2 Å². The number of aromatic amines is 1. The highest BCUT2D eigenvalue weighted by molar-refractivity contribution is 7.92. The van der Waals surface area contributed by atoms with E-state index in [1.807, 2.05) is 24.3 Å². The second kappa shape index (κ2) is 6.96. The van der Waals surface area contributed by atoms with Gasteiger partial charge in [0, 0.05) is 27.8 Å². The molecule has 0 saturated heterocycles. The van der Waals surface area contributed by atoms with Crippen molar-refractivity contribution in [3.8, 4) is 0 Å². The molecule has 1 unspecified atom stereocenters. The van der Waals surface area contributed by atoms with Gasteiger partial charge in [-0.25, -0.2) is 8.42 Å². The van der Waals surface area contributed by atoms with Crippen LogP contribution in [0.1, 0.15) is 21.6 Å². The third kappa shape index (κ3) is 3.48. The van der Waals surface area contributed by atoms with Gasteiger partial charge >= 0.3 is 0 Å². The second-order valence-corrected chi connectivity index (χ2v) is 8.80. The number of hydrogen-bond acceptors (Lipinski definition) is 4. The summed E-state index contributed by atoms with van der Waals surface area (Å²) in [6.07, 6.45) is 1.65. The number of para-hydroxylation sites is 1. The zero-order valence-electron chi connectivity index (χ0n) is 15.3. The van der Waals surface area contributed by atoms with Gasteiger partial charge in [-0.05, 0) is 42.3 Å². The monoisotopic (exact) mass is 399 g/mol. The number of fused-ring (bicyclic) bond motifs is 3.